The fraction of sp³-hybridized carbons (Fsp3) is 0.100. The third-order valence-electron chi connectivity index (χ3n) is 2.05. The van der Waals surface area contributed by atoms with Gasteiger partial charge in [0.1, 0.15) is 0 Å². The normalized spacial score (nSPS) is 10.7. The molecule has 0 amide bonds. The summed E-state index contributed by atoms with van der Waals surface area (Å²) in [5.74, 6) is 0. The van der Waals surface area contributed by atoms with Crippen LogP contribution in [-0.4, -0.2) is 6.29 Å². The highest BCUT2D eigenvalue weighted by atomic mass is 79.9. The summed E-state index contributed by atoms with van der Waals surface area (Å²) in [6, 6.07) is 5.57. The second-order valence-corrected chi connectivity index (χ2v) is 4.39. The van der Waals surface area contributed by atoms with Crippen LogP contribution < -0.4 is 0 Å². The molecule has 72 valence electrons. The van der Waals surface area contributed by atoms with Crippen molar-refractivity contribution in [2.24, 2.45) is 0 Å². The Hall–Kier alpha value is -0.740. The highest BCUT2D eigenvalue weighted by molar-refractivity contribution is 9.08. The molecule has 14 heavy (non-hydrogen) atoms. The van der Waals surface area contributed by atoms with Gasteiger partial charge in [0, 0.05) is 15.4 Å². The number of aldehydes is 1. The van der Waals surface area contributed by atoms with Crippen LogP contribution in [0.25, 0.3) is 10.1 Å². The number of hydrogen-bond acceptors (Lipinski definition) is 2. The summed E-state index contributed by atoms with van der Waals surface area (Å²) < 4.78 is 14.1. The molecule has 0 unspecified atom stereocenters. The largest absolute Gasteiger partial charge is 0.298 e. The van der Waals surface area contributed by atoms with Crippen molar-refractivity contribution in [3.63, 3.8) is 0 Å². The van der Waals surface area contributed by atoms with Gasteiger partial charge in [-0.1, -0.05) is 28.1 Å². The van der Waals surface area contributed by atoms with E-state index in [1.54, 1.807) is 0 Å². The summed E-state index contributed by atoms with van der Waals surface area (Å²) >= 11 is 4.33. The van der Waals surface area contributed by atoms with E-state index in [4.69, 9.17) is 0 Å². The lowest BCUT2D eigenvalue weighted by Gasteiger charge is -1.98. The number of halogens is 2. The van der Waals surface area contributed by atoms with Gasteiger partial charge in [0.25, 0.3) is 0 Å². The maximum Gasteiger partial charge on any atom is 0.188 e. The summed E-state index contributed by atoms with van der Waals surface area (Å²) in [5, 5.41) is 0.965. The van der Waals surface area contributed by atoms with Gasteiger partial charge in [0.15, 0.2) is 11.4 Å². The number of benzene rings is 1. The Kier molecular flexibility index (Phi) is 2.65. The highest BCUT2D eigenvalue weighted by Crippen LogP contribution is 2.32. The number of hydrogen-bond donors (Lipinski definition) is 0. The molecule has 0 spiro atoms. The number of thiophene rings is 1. The van der Waals surface area contributed by atoms with Crippen molar-refractivity contribution in [3.8, 4) is 0 Å². The van der Waals surface area contributed by atoms with Gasteiger partial charge < -0.3 is 0 Å². The van der Waals surface area contributed by atoms with Crippen molar-refractivity contribution in [1.82, 2.24) is 0 Å². The fourth-order valence-electron chi connectivity index (χ4n) is 1.43. The second kappa shape index (κ2) is 3.79. The van der Waals surface area contributed by atoms with E-state index in [9.17, 15) is 9.18 Å². The number of carbonyl (C=O) groups excluding carboxylic acids is 1. The molecular weight excluding hydrogens is 267 g/mol. The van der Waals surface area contributed by atoms with E-state index in [1.165, 1.54) is 0 Å². The number of carbonyl (C=O) groups is 1. The molecule has 0 bridgehead atoms. The van der Waals surface area contributed by atoms with Gasteiger partial charge in [0.2, 0.25) is 0 Å². The Morgan fingerprint density at radius 3 is 2.93 bits per heavy atom. The molecule has 0 N–H and O–H groups in total. The van der Waals surface area contributed by atoms with E-state index >= 15 is 0 Å². The zero-order chi connectivity index (χ0) is 10.1. The molecule has 1 nitrogen and oxygen atoms in total. The zero-order valence-electron chi connectivity index (χ0n) is 7.09. The summed E-state index contributed by atoms with van der Waals surface area (Å²) in [4.78, 5) is 10.7. The molecule has 0 saturated carbocycles. The standard InChI is InChI=1S/C10H6BrFOS/c11-4-6-2-1-3-8-9(6)7(5-13)10(12)14-8/h1-3,5H,4H2. The molecule has 0 aliphatic heterocycles. The lowest BCUT2D eigenvalue weighted by atomic mass is 10.1. The number of alkyl halides is 1. The quantitative estimate of drug-likeness (QED) is 0.601. The lowest BCUT2D eigenvalue weighted by Crippen LogP contribution is -1.84. The monoisotopic (exact) mass is 272 g/mol. The minimum atomic E-state index is -0.400. The van der Waals surface area contributed by atoms with Gasteiger partial charge in [0.05, 0.1) is 5.56 Å². The van der Waals surface area contributed by atoms with Crippen LogP contribution in [-0.2, 0) is 5.33 Å². The van der Waals surface area contributed by atoms with E-state index in [2.05, 4.69) is 15.9 Å². The van der Waals surface area contributed by atoms with Gasteiger partial charge in [-0.05, 0) is 11.6 Å². The molecule has 4 heteroatoms. The molecule has 0 fully saturated rings. The Labute approximate surface area is 92.7 Å². The highest BCUT2D eigenvalue weighted by Gasteiger charge is 2.13. The predicted molar refractivity (Wildman–Crippen MR) is 59.8 cm³/mol. The SMILES string of the molecule is O=Cc1c(F)sc2cccc(CBr)c12. The molecule has 0 radical (unpaired) electrons. The second-order valence-electron chi connectivity index (χ2n) is 2.83. The first-order valence-corrected chi connectivity index (χ1v) is 5.92. The van der Waals surface area contributed by atoms with Crippen molar-refractivity contribution in [2.45, 2.75) is 5.33 Å². The van der Waals surface area contributed by atoms with Gasteiger partial charge in [-0.3, -0.25) is 4.79 Å². The Balaban J connectivity index is 2.89. The molecule has 0 aliphatic rings. The third kappa shape index (κ3) is 1.38. The van der Waals surface area contributed by atoms with E-state index in [-0.39, 0.29) is 5.56 Å². The molecular formula is C10H6BrFOS. The van der Waals surface area contributed by atoms with Crippen molar-refractivity contribution in [1.29, 1.82) is 0 Å². The van der Waals surface area contributed by atoms with E-state index in [0.717, 1.165) is 27.0 Å². The fourth-order valence-corrected chi connectivity index (χ4v) is 2.84. The van der Waals surface area contributed by atoms with Crippen molar-refractivity contribution in [3.05, 3.63) is 34.5 Å². The summed E-state index contributed by atoms with van der Waals surface area (Å²) in [7, 11) is 0. The predicted octanol–water partition coefficient (Wildman–Crippen LogP) is 3.75. The molecule has 2 rings (SSSR count). The maximum absolute atomic E-state index is 13.3. The molecule has 0 atom stereocenters. The first-order chi connectivity index (χ1) is 6.77. The number of rotatable bonds is 2. The Morgan fingerprint density at radius 1 is 1.50 bits per heavy atom. The zero-order valence-corrected chi connectivity index (χ0v) is 9.49. The topological polar surface area (TPSA) is 17.1 Å². The minimum Gasteiger partial charge on any atom is -0.298 e. The van der Waals surface area contributed by atoms with Crippen LogP contribution >= 0.6 is 27.3 Å². The van der Waals surface area contributed by atoms with Crippen LogP contribution in [0.2, 0.25) is 0 Å². The van der Waals surface area contributed by atoms with Crippen LogP contribution in [0.15, 0.2) is 18.2 Å². The van der Waals surface area contributed by atoms with Crippen molar-refractivity contribution >= 4 is 43.6 Å². The van der Waals surface area contributed by atoms with Gasteiger partial charge in [-0.25, -0.2) is 0 Å². The summed E-state index contributed by atoms with van der Waals surface area (Å²) in [6.45, 7) is 0. The Morgan fingerprint density at radius 2 is 2.29 bits per heavy atom. The molecule has 2 aromatic rings. The molecule has 1 aromatic carbocycles. The Bertz CT molecular complexity index is 492. The van der Waals surface area contributed by atoms with E-state index < -0.39 is 5.13 Å². The summed E-state index contributed by atoms with van der Waals surface area (Å²) in [6.07, 6.45) is 0.584. The molecule has 0 aliphatic carbocycles. The molecule has 0 saturated heterocycles. The third-order valence-corrected chi connectivity index (χ3v) is 3.62. The van der Waals surface area contributed by atoms with E-state index in [1.807, 2.05) is 18.2 Å². The van der Waals surface area contributed by atoms with Gasteiger partial charge >= 0.3 is 0 Å². The van der Waals surface area contributed by atoms with Crippen LogP contribution in [0, 0.1) is 5.13 Å². The maximum atomic E-state index is 13.3. The van der Waals surface area contributed by atoms with Crippen molar-refractivity contribution in [2.75, 3.05) is 0 Å². The number of fused-ring (bicyclic) bond motifs is 1. The van der Waals surface area contributed by atoms with Crippen LogP contribution in [0.5, 0.6) is 0 Å². The van der Waals surface area contributed by atoms with Crippen LogP contribution in [0.1, 0.15) is 15.9 Å². The molecule has 1 aromatic heterocycles. The first-order valence-electron chi connectivity index (χ1n) is 3.99. The van der Waals surface area contributed by atoms with E-state index in [0.29, 0.717) is 11.6 Å². The van der Waals surface area contributed by atoms with Crippen LogP contribution in [0.3, 0.4) is 0 Å². The molecule has 1 heterocycles. The average molecular weight is 273 g/mol. The lowest BCUT2D eigenvalue weighted by molar-refractivity contribution is 0.112. The van der Waals surface area contributed by atoms with Gasteiger partial charge in [-0.15, -0.1) is 11.3 Å². The summed E-state index contributed by atoms with van der Waals surface area (Å²) in [5.41, 5.74) is 1.13. The minimum absolute atomic E-state index is 0.181. The smallest absolute Gasteiger partial charge is 0.188 e. The van der Waals surface area contributed by atoms with Gasteiger partial charge in [-0.2, -0.15) is 4.39 Å². The average Bonchev–Trinajstić information content (AvgIpc) is 2.52. The van der Waals surface area contributed by atoms with Crippen molar-refractivity contribution < 1.29 is 9.18 Å². The first kappa shape index (κ1) is 9.80. The van der Waals surface area contributed by atoms with Crippen LogP contribution in [0.4, 0.5) is 4.39 Å².